The van der Waals surface area contributed by atoms with Crippen molar-refractivity contribution in [2.24, 2.45) is 11.8 Å². The van der Waals surface area contributed by atoms with Gasteiger partial charge >= 0.3 is 39.5 Å². The summed E-state index contributed by atoms with van der Waals surface area (Å²) in [6.07, 6.45) is 75.0. The van der Waals surface area contributed by atoms with Crippen LogP contribution in [0.5, 0.6) is 0 Å². The number of aliphatic hydroxyl groups is 1. The molecule has 109 heavy (non-hydrogen) atoms. The van der Waals surface area contributed by atoms with Crippen LogP contribution in [0.25, 0.3) is 0 Å². The van der Waals surface area contributed by atoms with Gasteiger partial charge in [-0.15, -0.1) is 0 Å². The molecule has 0 spiro atoms. The van der Waals surface area contributed by atoms with Crippen molar-refractivity contribution in [3.05, 3.63) is 0 Å². The average molecular weight is 1590 g/mol. The Morgan fingerprint density at radius 2 is 0.422 bits per heavy atom. The van der Waals surface area contributed by atoms with E-state index in [1.54, 1.807) is 0 Å². The maximum absolute atomic E-state index is 13.2. The van der Waals surface area contributed by atoms with Crippen LogP contribution < -0.4 is 0 Å². The maximum atomic E-state index is 13.2. The molecule has 5 atom stereocenters. The van der Waals surface area contributed by atoms with Gasteiger partial charge in [0.15, 0.2) is 12.2 Å². The lowest BCUT2D eigenvalue weighted by Gasteiger charge is -2.21. The first-order chi connectivity index (χ1) is 52.9. The zero-order valence-corrected chi connectivity index (χ0v) is 73.7. The summed E-state index contributed by atoms with van der Waals surface area (Å²) >= 11 is 0. The molecule has 648 valence electrons. The zero-order valence-electron chi connectivity index (χ0n) is 71.9. The van der Waals surface area contributed by atoms with Crippen LogP contribution in [0.2, 0.25) is 0 Å². The molecular weight excluding hydrogens is 1410 g/mol. The van der Waals surface area contributed by atoms with Gasteiger partial charge in [0.05, 0.1) is 26.4 Å². The molecule has 3 N–H and O–H groups in total. The summed E-state index contributed by atoms with van der Waals surface area (Å²) in [4.78, 5) is 73.4. The first kappa shape index (κ1) is 107. The van der Waals surface area contributed by atoms with E-state index >= 15 is 0 Å². The molecule has 0 aromatic heterocycles. The second-order valence-electron chi connectivity index (χ2n) is 33.3. The predicted octanol–water partition coefficient (Wildman–Crippen LogP) is 27.8. The maximum Gasteiger partial charge on any atom is 0.472 e. The Balaban J connectivity index is 5.25. The average Bonchev–Trinajstić information content (AvgIpc) is 0.899. The number of ether oxygens (including phenoxy) is 4. The van der Waals surface area contributed by atoms with Crippen molar-refractivity contribution in [3.8, 4) is 0 Å². The third-order valence-corrected chi connectivity index (χ3v) is 23.1. The largest absolute Gasteiger partial charge is 0.472 e. The predicted molar refractivity (Wildman–Crippen MR) is 451 cm³/mol. The summed E-state index contributed by atoms with van der Waals surface area (Å²) in [5.41, 5.74) is 0. The molecule has 0 saturated heterocycles. The van der Waals surface area contributed by atoms with Gasteiger partial charge in [-0.2, -0.15) is 0 Å². The zero-order chi connectivity index (χ0) is 79.9. The van der Waals surface area contributed by atoms with Crippen LogP contribution >= 0.6 is 15.6 Å². The Labute approximate surface area is 670 Å². The van der Waals surface area contributed by atoms with Crippen molar-refractivity contribution in [1.82, 2.24) is 0 Å². The van der Waals surface area contributed by atoms with Crippen molar-refractivity contribution >= 4 is 39.5 Å². The summed E-state index contributed by atoms with van der Waals surface area (Å²) in [6, 6.07) is 0. The minimum atomic E-state index is -4.97. The van der Waals surface area contributed by atoms with Crippen molar-refractivity contribution in [3.63, 3.8) is 0 Å². The third kappa shape index (κ3) is 83.8. The summed E-state index contributed by atoms with van der Waals surface area (Å²) in [7, 11) is -9.93. The normalized spacial score (nSPS) is 13.8. The molecule has 0 fully saturated rings. The molecule has 0 aliphatic carbocycles. The highest BCUT2D eigenvalue weighted by Crippen LogP contribution is 2.45. The summed E-state index contributed by atoms with van der Waals surface area (Å²) < 4.78 is 69.1. The van der Waals surface area contributed by atoms with E-state index in [1.165, 1.54) is 302 Å². The van der Waals surface area contributed by atoms with E-state index < -0.39 is 97.5 Å². The van der Waals surface area contributed by atoms with E-state index in [2.05, 4.69) is 41.5 Å². The molecule has 0 aromatic carbocycles. The van der Waals surface area contributed by atoms with Crippen molar-refractivity contribution < 1.29 is 80.2 Å². The van der Waals surface area contributed by atoms with Gasteiger partial charge in [-0.25, -0.2) is 9.13 Å². The fourth-order valence-electron chi connectivity index (χ4n) is 14.1. The Morgan fingerprint density at radius 1 is 0.248 bits per heavy atom. The number of phosphoric acid groups is 2. The first-order valence-corrected chi connectivity index (χ1v) is 49.5. The van der Waals surface area contributed by atoms with Gasteiger partial charge in [-0.1, -0.05) is 433 Å². The van der Waals surface area contributed by atoms with Crippen LogP contribution in [0.1, 0.15) is 485 Å². The monoisotopic (exact) mass is 1590 g/mol. The SMILES string of the molecule is CCCCCCCCCCCCCCCCCCCCCCCC(=O)O[C@H](COC(=O)CCCCCCCCCCCCCCCCCC(C)C)COP(=O)(O)OC[C@@H](O)COP(=O)(O)OC[C@@H](COC(=O)CCCCCCCCCCCCCC)OC(=O)CCCCCCCCCCCCCCCCCC(C)C. The summed E-state index contributed by atoms with van der Waals surface area (Å²) in [5, 5.41) is 10.7. The van der Waals surface area contributed by atoms with Crippen molar-refractivity contribution in [2.75, 3.05) is 39.6 Å². The second-order valence-corrected chi connectivity index (χ2v) is 36.2. The molecule has 0 amide bonds. The van der Waals surface area contributed by atoms with Gasteiger partial charge in [0.1, 0.15) is 19.3 Å². The Kier molecular flexibility index (Phi) is 79.8. The number of unbranched alkanes of at least 4 members (excludes halogenated alkanes) is 59. The second kappa shape index (κ2) is 81.2. The molecule has 0 rings (SSSR count). The lowest BCUT2D eigenvalue weighted by molar-refractivity contribution is -0.161. The molecule has 17 nitrogen and oxygen atoms in total. The smallest absolute Gasteiger partial charge is 0.462 e. The standard InChI is InChI=1S/C90H176O17P2/c1-7-9-11-13-15-17-19-21-22-23-24-25-26-27-32-38-44-50-56-62-68-74-89(94)107-86(79-101-88(93)73-67-61-55-49-43-37-33-28-30-35-40-46-52-58-64-70-82(3)4)81-105-109(98,99)103-77-84(91)76-102-108(96,97)104-80-85(78-100-87(92)72-66-60-54-48-42-20-18-16-14-12-10-8-2)106-90(95)75-69-63-57-51-45-39-34-29-31-36-41-47-53-59-65-71-83(5)6/h82-86,91H,7-81H2,1-6H3,(H,96,97)(H,98,99)/t84-,85+,86+/m0/s1. The third-order valence-electron chi connectivity index (χ3n) is 21.2. The lowest BCUT2D eigenvalue weighted by atomic mass is 10.0. The number of carbonyl (C=O) groups is 4. The first-order valence-electron chi connectivity index (χ1n) is 46.5. The Hall–Kier alpha value is -1.94. The topological polar surface area (TPSA) is 237 Å². The number of hydrogen-bond donors (Lipinski definition) is 3. The van der Waals surface area contributed by atoms with Crippen LogP contribution in [-0.4, -0.2) is 96.7 Å². The van der Waals surface area contributed by atoms with Crippen molar-refractivity contribution in [1.29, 1.82) is 0 Å². The fourth-order valence-corrected chi connectivity index (χ4v) is 15.7. The molecule has 0 aromatic rings. The number of carbonyl (C=O) groups excluding carboxylic acids is 4. The summed E-state index contributed by atoms with van der Waals surface area (Å²) in [6.45, 7) is 9.75. The van der Waals surface area contributed by atoms with Crippen LogP contribution in [0.3, 0.4) is 0 Å². The molecule has 0 radical (unpaired) electrons. The molecule has 0 heterocycles. The van der Waals surface area contributed by atoms with E-state index in [-0.39, 0.29) is 25.7 Å². The highest BCUT2D eigenvalue weighted by atomic mass is 31.2. The number of esters is 4. The van der Waals surface area contributed by atoms with Gasteiger partial charge < -0.3 is 33.8 Å². The molecule has 19 heteroatoms. The fraction of sp³-hybridized carbons (Fsp3) is 0.956. The summed E-state index contributed by atoms with van der Waals surface area (Å²) in [5.74, 6) is -0.486. The van der Waals surface area contributed by atoms with Gasteiger partial charge in [0.25, 0.3) is 0 Å². The molecule has 2 unspecified atom stereocenters. The lowest BCUT2D eigenvalue weighted by Crippen LogP contribution is -2.30. The molecule has 0 saturated carbocycles. The molecule has 0 bridgehead atoms. The van der Waals surface area contributed by atoms with E-state index in [4.69, 9.17) is 37.0 Å². The van der Waals surface area contributed by atoms with Crippen LogP contribution in [-0.2, 0) is 65.4 Å². The Morgan fingerprint density at radius 3 is 0.624 bits per heavy atom. The van der Waals surface area contributed by atoms with Gasteiger partial charge in [-0.05, 0) is 37.5 Å². The molecule has 0 aliphatic rings. The van der Waals surface area contributed by atoms with Gasteiger partial charge in [0.2, 0.25) is 0 Å². The van der Waals surface area contributed by atoms with E-state index in [1.807, 2.05) is 0 Å². The quantitative estimate of drug-likeness (QED) is 0.0222. The highest BCUT2D eigenvalue weighted by molar-refractivity contribution is 7.47. The minimum Gasteiger partial charge on any atom is -0.462 e. The van der Waals surface area contributed by atoms with E-state index in [9.17, 15) is 43.2 Å². The number of phosphoric ester groups is 2. The van der Waals surface area contributed by atoms with E-state index in [0.29, 0.717) is 25.7 Å². The van der Waals surface area contributed by atoms with Crippen LogP contribution in [0.15, 0.2) is 0 Å². The number of hydrogen-bond acceptors (Lipinski definition) is 15. The van der Waals surface area contributed by atoms with Gasteiger partial charge in [-0.3, -0.25) is 37.3 Å². The number of aliphatic hydroxyl groups excluding tert-OH is 1. The van der Waals surface area contributed by atoms with E-state index in [0.717, 1.165) is 102 Å². The highest BCUT2D eigenvalue weighted by Gasteiger charge is 2.31. The van der Waals surface area contributed by atoms with Crippen LogP contribution in [0, 0.1) is 11.8 Å². The number of rotatable bonds is 89. The Bertz CT molecular complexity index is 2080. The van der Waals surface area contributed by atoms with Crippen molar-refractivity contribution in [2.45, 2.75) is 503 Å². The van der Waals surface area contributed by atoms with Gasteiger partial charge in [0, 0.05) is 25.7 Å². The minimum absolute atomic E-state index is 0.108. The van der Waals surface area contributed by atoms with Crippen LogP contribution in [0.4, 0.5) is 0 Å². The molecular formula is C90H176O17P2. The molecule has 0 aliphatic heterocycles.